The van der Waals surface area contributed by atoms with E-state index >= 15 is 0 Å². The molecule has 0 aromatic carbocycles. The van der Waals surface area contributed by atoms with E-state index in [0.717, 1.165) is 0 Å². The van der Waals surface area contributed by atoms with Gasteiger partial charge in [0.1, 0.15) is 6.54 Å². The lowest BCUT2D eigenvalue weighted by atomic mass is 10.6. The molecule has 0 bridgehead atoms. The summed E-state index contributed by atoms with van der Waals surface area (Å²) in [6, 6.07) is 0. The highest BCUT2D eigenvalue weighted by Gasteiger charge is 2.52. The van der Waals surface area contributed by atoms with Crippen molar-refractivity contribution in [3.63, 3.8) is 0 Å². The van der Waals surface area contributed by atoms with Crippen LogP contribution in [0.3, 0.4) is 0 Å². The molecule has 0 atom stereocenters. The average Bonchev–Trinajstić information content (AvgIpc) is 1.98. The van der Waals surface area contributed by atoms with Crippen LogP contribution in [0.5, 0.6) is 0 Å². The summed E-state index contributed by atoms with van der Waals surface area (Å²) in [6.07, 6.45) is -5.12. The summed E-state index contributed by atoms with van der Waals surface area (Å²) >= 11 is 0. The molecule has 0 rings (SSSR count). The van der Waals surface area contributed by atoms with E-state index in [1.54, 1.807) is 0 Å². The van der Waals surface area contributed by atoms with E-state index in [1.807, 2.05) is 0 Å². The van der Waals surface area contributed by atoms with Crippen molar-refractivity contribution in [3.05, 3.63) is 0 Å². The zero-order valence-corrected chi connectivity index (χ0v) is 8.32. The third-order valence-electron chi connectivity index (χ3n) is 1.34. The summed E-state index contributed by atoms with van der Waals surface area (Å²) in [4.78, 5) is 0. The van der Waals surface area contributed by atoms with Crippen LogP contribution in [0.25, 0.3) is 0 Å². The predicted molar refractivity (Wildman–Crippen MR) is 39.7 cm³/mol. The van der Waals surface area contributed by atoms with E-state index in [0.29, 0.717) is 0 Å². The molecule has 0 aromatic rings. The Morgan fingerprint density at radius 1 is 1.06 bits per heavy atom. The highest BCUT2D eigenvalue weighted by Crippen LogP contribution is 2.29. The van der Waals surface area contributed by atoms with Gasteiger partial charge in [-0.25, -0.2) is 8.42 Å². The van der Waals surface area contributed by atoms with Crippen LogP contribution in [0.4, 0.5) is 26.3 Å². The third-order valence-corrected chi connectivity index (χ3v) is 2.91. The number of sulfonamides is 1. The van der Waals surface area contributed by atoms with E-state index in [-0.39, 0.29) is 0 Å². The van der Waals surface area contributed by atoms with Gasteiger partial charge in [-0.2, -0.15) is 30.6 Å². The van der Waals surface area contributed by atoms with Crippen molar-refractivity contribution in [1.82, 2.24) is 4.31 Å². The molecule has 0 spiro atoms. The monoisotopic (exact) mass is 275 g/mol. The Kier molecular flexibility index (Phi) is 4.59. The molecule has 98 valence electrons. The molecule has 0 heterocycles. The van der Waals surface area contributed by atoms with Gasteiger partial charge in [-0.05, 0) is 0 Å². The first-order valence-electron chi connectivity index (χ1n) is 3.66. The molecule has 0 amide bonds. The molecule has 0 aliphatic heterocycles. The molecular formula is C5H7F6NO3S. The second-order valence-corrected chi connectivity index (χ2v) is 4.55. The zero-order valence-electron chi connectivity index (χ0n) is 7.51. The van der Waals surface area contributed by atoms with Gasteiger partial charge >= 0.3 is 21.7 Å². The fourth-order valence-corrected chi connectivity index (χ4v) is 1.67. The smallest absolute Gasteiger partial charge is 0.395 e. The Morgan fingerprint density at radius 2 is 1.50 bits per heavy atom. The summed E-state index contributed by atoms with van der Waals surface area (Å²) in [5.41, 5.74) is -5.83. The normalized spacial score (nSPS) is 14.5. The average molecular weight is 275 g/mol. The van der Waals surface area contributed by atoms with Crippen molar-refractivity contribution in [3.8, 4) is 0 Å². The topological polar surface area (TPSA) is 57.6 Å². The maximum atomic E-state index is 11.9. The predicted octanol–water partition coefficient (Wildman–Crippen LogP) is 0.693. The lowest BCUT2D eigenvalue weighted by Gasteiger charge is -2.23. The van der Waals surface area contributed by atoms with Crippen LogP contribution in [0.1, 0.15) is 0 Å². The Morgan fingerprint density at radius 3 is 1.75 bits per heavy atom. The summed E-state index contributed by atoms with van der Waals surface area (Å²) in [6.45, 7) is -4.72. The number of rotatable bonds is 4. The van der Waals surface area contributed by atoms with Gasteiger partial charge in [-0.15, -0.1) is 0 Å². The summed E-state index contributed by atoms with van der Waals surface area (Å²) in [5, 5.41) is 8.22. The van der Waals surface area contributed by atoms with Gasteiger partial charge < -0.3 is 5.11 Å². The molecule has 0 aromatic heterocycles. The molecule has 0 radical (unpaired) electrons. The van der Waals surface area contributed by atoms with Gasteiger partial charge in [-0.3, -0.25) is 0 Å². The van der Waals surface area contributed by atoms with Crippen LogP contribution in [0.15, 0.2) is 0 Å². The number of hydrogen-bond acceptors (Lipinski definition) is 3. The quantitative estimate of drug-likeness (QED) is 0.768. The Balaban J connectivity index is 5.08. The SMILES string of the molecule is O=S(=O)(N(CCO)CC(F)(F)F)C(F)(F)F. The minimum atomic E-state index is -6.08. The van der Waals surface area contributed by atoms with Crippen LogP contribution in [-0.4, -0.2) is 49.2 Å². The summed E-state index contributed by atoms with van der Waals surface area (Å²) in [5.74, 6) is 0. The van der Waals surface area contributed by atoms with Crippen molar-refractivity contribution in [2.45, 2.75) is 11.7 Å². The van der Waals surface area contributed by atoms with Gasteiger partial charge in [0.2, 0.25) is 0 Å². The van der Waals surface area contributed by atoms with Crippen molar-refractivity contribution >= 4 is 10.0 Å². The number of aliphatic hydroxyl groups is 1. The zero-order chi connectivity index (χ0) is 13.2. The summed E-state index contributed by atoms with van der Waals surface area (Å²) in [7, 11) is -6.08. The maximum Gasteiger partial charge on any atom is 0.511 e. The van der Waals surface area contributed by atoms with E-state index in [4.69, 9.17) is 5.11 Å². The second-order valence-electron chi connectivity index (χ2n) is 2.62. The van der Waals surface area contributed by atoms with E-state index in [1.165, 1.54) is 0 Å². The van der Waals surface area contributed by atoms with Gasteiger partial charge in [0, 0.05) is 6.54 Å². The van der Waals surface area contributed by atoms with Gasteiger partial charge in [0.15, 0.2) is 0 Å². The number of nitrogens with zero attached hydrogens (tertiary/aromatic N) is 1. The molecular weight excluding hydrogens is 268 g/mol. The fourth-order valence-electron chi connectivity index (χ4n) is 0.742. The Labute approximate surface area is 86.5 Å². The van der Waals surface area contributed by atoms with Crippen LogP contribution in [-0.2, 0) is 10.0 Å². The summed E-state index contributed by atoms with van der Waals surface area (Å²) < 4.78 is 91.4. The highest BCUT2D eigenvalue weighted by atomic mass is 32.2. The van der Waals surface area contributed by atoms with Crippen LogP contribution >= 0.6 is 0 Å². The van der Waals surface area contributed by atoms with E-state index < -0.39 is 45.7 Å². The third kappa shape index (κ3) is 4.14. The van der Waals surface area contributed by atoms with Crippen LogP contribution in [0, 0.1) is 0 Å². The highest BCUT2D eigenvalue weighted by molar-refractivity contribution is 7.90. The first-order valence-corrected chi connectivity index (χ1v) is 5.10. The maximum absolute atomic E-state index is 11.9. The van der Waals surface area contributed by atoms with E-state index in [2.05, 4.69) is 0 Å². The van der Waals surface area contributed by atoms with Crippen molar-refractivity contribution in [1.29, 1.82) is 0 Å². The van der Waals surface area contributed by atoms with Gasteiger partial charge in [0.25, 0.3) is 0 Å². The largest absolute Gasteiger partial charge is 0.511 e. The number of halogens is 6. The molecule has 4 nitrogen and oxygen atoms in total. The minimum absolute atomic E-state index is 0.868. The van der Waals surface area contributed by atoms with Crippen LogP contribution < -0.4 is 0 Å². The Hall–Kier alpha value is -0.550. The van der Waals surface area contributed by atoms with Gasteiger partial charge in [-0.1, -0.05) is 0 Å². The number of hydrogen-bond donors (Lipinski definition) is 1. The second kappa shape index (κ2) is 4.75. The van der Waals surface area contributed by atoms with Crippen molar-refractivity contribution < 1.29 is 39.9 Å². The first-order chi connectivity index (χ1) is 6.92. The standard InChI is InChI=1S/C5H7F6NO3S/c6-4(7,8)3-12(1-2-13)16(14,15)5(9,10)11/h13H,1-3H2. The molecule has 0 saturated heterocycles. The van der Waals surface area contributed by atoms with E-state index in [9.17, 15) is 34.8 Å². The fraction of sp³-hybridized carbons (Fsp3) is 1.00. The van der Waals surface area contributed by atoms with Crippen molar-refractivity contribution in [2.75, 3.05) is 19.7 Å². The lowest BCUT2D eigenvalue weighted by Crippen LogP contribution is -2.46. The minimum Gasteiger partial charge on any atom is -0.395 e. The molecule has 0 fully saturated rings. The molecule has 0 aliphatic rings. The molecule has 0 unspecified atom stereocenters. The molecule has 1 N–H and O–H groups in total. The first kappa shape index (κ1) is 15.4. The Bertz CT molecular complexity index is 320. The number of aliphatic hydroxyl groups excluding tert-OH is 1. The number of alkyl halides is 6. The molecule has 16 heavy (non-hydrogen) atoms. The molecule has 0 saturated carbocycles. The van der Waals surface area contributed by atoms with Gasteiger partial charge in [0.05, 0.1) is 6.61 Å². The van der Waals surface area contributed by atoms with Crippen molar-refractivity contribution in [2.24, 2.45) is 0 Å². The lowest BCUT2D eigenvalue weighted by molar-refractivity contribution is -0.138. The van der Waals surface area contributed by atoms with Crippen LogP contribution in [0.2, 0.25) is 0 Å². The molecule has 0 aliphatic carbocycles. The molecule has 11 heteroatoms.